The van der Waals surface area contributed by atoms with E-state index >= 15 is 0 Å². The fraction of sp³-hybridized carbons (Fsp3) is 0.400. The van der Waals surface area contributed by atoms with Crippen molar-refractivity contribution in [2.24, 2.45) is 0 Å². The maximum absolute atomic E-state index is 13.4. The summed E-state index contributed by atoms with van der Waals surface area (Å²) in [5.74, 6) is -0.837. The first-order valence-corrected chi connectivity index (χ1v) is 4.62. The van der Waals surface area contributed by atoms with Crippen LogP contribution in [0.5, 0.6) is 5.75 Å². The molecule has 1 aromatic carbocycles. The van der Waals surface area contributed by atoms with Gasteiger partial charge in [-0.2, -0.15) is 5.48 Å². The molecule has 1 N–H and O–H groups in total. The van der Waals surface area contributed by atoms with Crippen molar-refractivity contribution >= 4 is 0 Å². The maximum atomic E-state index is 13.4. The molecule has 0 saturated carbocycles. The van der Waals surface area contributed by atoms with Crippen LogP contribution in [-0.2, 0) is 17.8 Å². The molecule has 0 amide bonds. The summed E-state index contributed by atoms with van der Waals surface area (Å²) < 4.78 is 31.9. The molecule has 0 fully saturated rings. The normalized spacial score (nSPS) is 13.8. The number of hydrogen-bond acceptors (Lipinski definition) is 3. The molecule has 0 atom stereocenters. The van der Waals surface area contributed by atoms with E-state index in [2.05, 4.69) is 10.3 Å². The van der Waals surface area contributed by atoms with Crippen LogP contribution in [0.15, 0.2) is 6.07 Å². The molecule has 5 heteroatoms. The zero-order valence-electron chi connectivity index (χ0n) is 8.27. The van der Waals surface area contributed by atoms with Crippen LogP contribution in [-0.4, -0.2) is 13.7 Å². The average Bonchev–Trinajstić information content (AvgIpc) is 2.66. The fourth-order valence-corrected chi connectivity index (χ4v) is 1.66. The van der Waals surface area contributed by atoms with Gasteiger partial charge in [-0.1, -0.05) is 0 Å². The lowest BCUT2D eigenvalue weighted by Crippen LogP contribution is -2.13. The van der Waals surface area contributed by atoms with Gasteiger partial charge in [-0.25, -0.2) is 8.78 Å². The number of hydrogen-bond donors (Lipinski definition) is 1. The number of halogens is 2. The summed E-state index contributed by atoms with van der Waals surface area (Å²) in [5.41, 5.74) is 3.27. The standard InChI is InChI=1S/C10H11F2NO2/c1-14-13-5-7-9(12)4-8(11)6-2-3-15-10(6)7/h4,13H,2-3,5H2,1H3. The van der Waals surface area contributed by atoms with Crippen LogP contribution >= 0.6 is 0 Å². The van der Waals surface area contributed by atoms with Crippen LogP contribution in [0.4, 0.5) is 8.78 Å². The lowest BCUT2D eigenvalue weighted by atomic mass is 10.1. The summed E-state index contributed by atoms with van der Waals surface area (Å²) in [6, 6.07) is 0.889. The summed E-state index contributed by atoms with van der Waals surface area (Å²) >= 11 is 0. The number of benzene rings is 1. The third kappa shape index (κ3) is 1.80. The molecule has 3 nitrogen and oxygen atoms in total. The van der Waals surface area contributed by atoms with Crippen molar-refractivity contribution in [3.05, 3.63) is 28.8 Å². The topological polar surface area (TPSA) is 30.5 Å². The maximum Gasteiger partial charge on any atom is 0.134 e. The predicted molar refractivity (Wildman–Crippen MR) is 49.4 cm³/mol. The zero-order valence-corrected chi connectivity index (χ0v) is 8.27. The van der Waals surface area contributed by atoms with Crippen molar-refractivity contribution in [3.63, 3.8) is 0 Å². The molecule has 0 unspecified atom stereocenters. The van der Waals surface area contributed by atoms with Gasteiger partial charge >= 0.3 is 0 Å². The van der Waals surface area contributed by atoms with Gasteiger partial charge in [-0.15, -0.1) is 0 Å². The molecular weight excluding hydrogens is 204 g/mol. The van der Waals surface area contributed by atoms with E-state index < -0.39 is 11.6 Å². The van der Waals surface area contributed by atoms with Crippen LogP contribution < -0.4 is 10.2 Å². The third-order valence-corrected chi connectivity index (χ3v) is 2.37. The van der Waals surface area contributed by atoms with E-state index in [1.54, 1.807) is 0 Å². The highest BCUT2D eigenvalue weighted by Gasteiger charge is 2.23. The molecule has 1 heterocycles. The van der Waals surface area contributed by atoms with Crippen molar-refractivity contribution in [1.29, 1.82) is 0 Å². The van der Waals surface area contributed by atoms with Gasteiger partial charge in [0, 0.05) is 23.6 Å². The van der Waals surface area contributed by atoms with Gasteiger partial charge in [0.2, 0.25) is 0 Å². The molecule has 0 bridgehead atoms. The van der Waals surface area contributed by atoms with E-state index in [0.29, 0.717) is 29.9 Å². The van der Waals surface area contributed by atoms with Gasteiger partial charge in [0.25, 0.3) is 0 Å². The molecule has 1 aromatic rings. The summed E-state index contributed by atoms with van der Waals surface area (Å²) in [6.45, 7) is 0.556. The Bertz CT molecular complexity index is 382. The number of nitrogens with one attached hydrogen (secondary N) is 1. The Hall–Kier alpha value is -1.20. The molecular formula is C10H11F2NO2. The number of ether oxygens (including phenoxy) is 1. The second-order valence-corrected chi connectivity index (χ2v) is 3.25. The van der Waals surface area contributed by atoms with E-state index in [1.165, 1.54) is 7.11 Å². The van der Waals surface area contributed by atoms with E-state index in [1.807, 2.05) is 0 Å². The minimum atomic E-state index is -0.613. The van der Waals surface area contributed by atoms with Crippen LogP contribution in [0.1, 0.15) is 11.1 Å². The second kappa shape index (κ2) is 4.12. The Balaban J connectivity index is 2.40. The lowest BCUT2D eigenvalue weighted by molar-refractivity contribution is 0.0852. The van der Waals surface area contributed by atoms with Gasteiger partial charge in [0.15, 0.2) is 0 Å². The minimum absolute atomic E-state index is 0.158. The average molecular weight is 215 g/mol. The Morgan fingerprint density at radius 3 is 3.00 bits per heavy atom. The molecule has 1 aliphatic rings. The first-order chi connectivity index (χ1) is 7.24. The minimum Gasteiger partial charge on any atom is -0.492 e. The zero-order chi connectivity index (χ0) is 10.8. The van der Waals surface area contributed by atoms with Gasteiger partial charge in [0.05, 0.1) is 20.3 Å². The summed E-state index contributed by atoms with van der Waals surface area (Å²) in [5, 5.41) is 0. The Morgan fingerprint density at radius 2 is 2.27 bits per heavy atom. The second-order valence-electron chi connectivity index (χ2n) is 3.25. The van der Waals surface area contributed by atoms with Crippen molar-refractivity contribution in [1.82, 2.24) is 5.48 Å². The monoisotopic (exact) mass is 215 g/mol. The van der Waals surface area contributed by atoms with Gasteiger partial charge in [0.1, 0.15) is 17.4 Å². The van der Waals surface area contributed by atoms with Crippen molar-refractivity contribution in [2.45, 2.75) is 13.0 Å². The number of fused-ring (bicyclic) bond motifs is 1. The third-order valence-electron chi connectivity index (χ3n) is 2.37. The lowest BCUT2D eigenvalue weighted by Gasteiger charge is -2.10. The summed E-state index contributed by atoms with van der Waals surface area (Å²) in [6.07, 6.45) is 0.488. The Kier molecular flexibility index (Phi) is 2.83. The molecule has 0 radical (unpaired) electrons. The molecule has 0 spiro atoms. The van der Waals surface area contributed by atoms with Crippen molar-refractivity contribution in [2.75, 3.05) is 13.7 Å². The quantitative estimate of drug-likeness (QED) is 0.776. The molecule has 2 rings (SSSR count). The smallest absolute Gasteiger partial charge is 0.134 e. The first-order valence-electron chi connectivity index (χ1n) is 4.62. The molecule has 1 aliphatic heterocycles. The molecule has 0 aliphatic carbocycles. The van der Waals surface area contributed by atoms with Crippen LogP contribution in [0, 0.1) is 11.6 Å². The molecule has 0 aromatic heterocycles. The van der Waals surface area contributed by atoms with Gasteiger partial charge < -0.3 is 9.57 Å². The molecule has 15 heavy (non-hydrogen) atoms. The first kappa shape index (κ1) is 10.3. The van der Waals surface area contributed by atoms with E-state index in [9.17, 15) is 8.78 Å². The van der Waals surface area contributed by atoms with E-state index in [-0.39, 0.29) is 6.54 Å². The van der Waals surface area contributed by atoms with Crippen LogP contribution in [0.3, 0.4) is 0 Å². The molecule has 82 valence electrons. The summed E-state index contributed by atoms with van der Waals surface area (Å²) in [4.78, 5) is 4.62. The SMILES string of the molecule is CONCc1c(F)cc(F)c2c1OCC2. The van der Waals surface area contributed by atoms with Crippen molar-refractivity contribution in [3.8, 4) is 5.75 Å². The number of hydroxylamine groups is 1. The largest absolute Gasteiger partial charge is 0.492 e. The Labute approximate surface area is 85.9 Å². The molecule has 0 saturated heterocycles. The van der Waals surface area contributed by atoms with E-state index in [0.717, 1.165) is 6.07 Å². The highest BCUT2D eigenvalue weighted by molar-refractivity contribution is 5.45. The Morgan fingerprint density at radius 1 is 1.47 bits per heavy atom. The predicted octanol–water partition coefficient (Wildman–Crippen LogP) is 1.55. The van der Waals surface area contributed by atoms with Crippen LogP contribution in [0.25, 0.3) is 0 Å². The summed E-state index contributed by atoms with van der Waals surface area (Å²) in [7, 11) is 1.43. The highest BCUT2D eigenvalue weighted by Crippen LogP contribution is 2.33. The van der Waals surface area contributed by atoms with Gasteiger partial charge in [-0.3, -0.25) is 0 Å². The highest BCUT2D eigenvalue weighted by atomic mass is 19.1. The van der Waals surface area contributed by atoms with Crippen molar-refractivity contribution < 1.29 is 18.4 Å². The fourth-order valence-electron chi connectivity index (χ4n) is 1.66. The van der Waals surface area contributed by atoms with Crippen LogP contribution in [0.2, 0.25) is 0 Å². The number of rotatable bonds is 3. The van der Waals surface area contributed by atoms with E-state index in [4.69, 9.17) is 4.74 Å². The van der Waals surface area contributed by atoms with Gasteiger partial charge in [-0.05, 0) is 0 Å².